The van der Waals surface area contributed by atoms with Gasteiger partial charge in [-0.2, -0.15) is 0 Å². The summed E-state index contributed by atoms with van der Waals surface area (Å²) in [4.78, 5) is 36.7. The van der Waals surface area contributed by atoms with Crippen LogP contribution in [0.25, 0.3) is 0 Å². The molecular formula is C17H20N4O4S. The summed E-state index contributed by atoms with van der Waals surface area (Å²) in [5.41, 5.74) is -0.0157. The molecule has 2 aromatic heterocycles. The molecule has 1 aliphatic carbocycles. The molecule has 3 amide bonds. The first-order valence-corrected chi connectivity index (χ1v) is 9.27. The predicted molar refractivity (Wildman–Crippen MR) is 95.6 cm³/mol. The molecule has 1 aliphatic rings. The average Bonchev–Trinajstić information content (AvgIpc) is 3.40. The van der Waals surface area contributed by atoms with Crippen molar-refractivity contribution in [3.05, 3.63) is 34.7 Å². The number of anilines is 1. The Hall–Kier alpha value is -2.68. The Kier molecular flexibility index (Phi) is 5.67. The number of aromatic nitrogens is 1. The topological polar surface area (TPSA) is 113 Å². The first kappa shape index (κ1) is 18.1. The largest absolute Gasteiger partial charge is 0.363 e. The van der Waals surface area contributed by atoms with Crippen molar-refractivity contribution in [3.63, 3.8) is 0 Å². The van der Waals surface area contributed by atoms with E-state index in [0.29, 0.717) is 6.54 Å². The summed E-state index contributed by atoms with van der Waals surface area (Å²) in [6.07, 6.45) is 5.65. The first-order chi connectivity index (χ1) is 12.6. The lowest BCUT2D eigenvalue weighted by molar-refractivity contribution is -0.136. The Bertz CT molecular complexity index is 752. The number of hydrogen-bond donors (Lipinski definition) is 3. The predicted octanol–water partition coefficient (Wildman–Crippen LogP) is 1.42. The molecular weight excluding hydrogens is 356 g/mol. The molecule has 2 heterocycles. The second-order valence-electron chi connectivity index (χ2n) is 6.26. The molecule has 0 radical (unpaired) electrons. The molecule has 1 fully saturated rings. The van der Waals surface area contributed by atoms with Gasteiger partial charge in [0.25, 0.3) is 0 Å². The van der Waals surface area contributed by atoms with Gasteiger partial charge in [0.1, 0.15) is 6.26 Å². The molecule has 0 unspecified atom stereocenters. The van der Waals surface area contributed by atoms with Gasteiger partial charge in [0, 0.05) is 22.9 Å². The monoisotopic (exact) mass is 376 g/mol. The quantitative estimate of drug-likeness (QED) is 0.660. The maximum atomic E-state index is 12.1. The maximum Gasteiger partial charge on any atom is 0.314 e. The molecule has 3 rings (SSSR count). The van der Waals surface area contributed by atoms with E-state index in [1.54, 1.807) is 11.3 Å². The normalized spacial score (nSPS) is 15.4. The van der Waals surface area contributed by atoms with Gasteiger partial charge in [-0.3, -0.25) is 19.7 Å². The van der Waals surface area contributed by atoms with Crippen LogP contribution in [0.15, 0.2) is 34.4 Å². The van der Waals surface area contributed by atoms with Crippen molar-refractivity contribution in [2.75, 3.05) is 18.4 Å². The van der Waals surface area contributed by atoms with Crippen molar-refractivity contribution in [2.45, 2.75) is 31.1 Å². The Balaban J connectivity index is 1.45. The minimum absolute atomic E-state index is 0.0157. The van der Waals surface area contributed by atoms with E-state index in [-0.39, 0.29) is 23.7 Å². The third kappa shape index (κ3) is 4.29. The van der Waals surface area contributed by atoms with Crippen LogP contribution in [0.4, 0.5) is 5.82 Å². The highest BCUT2D eigenvalue weighted by molar-refractivity contribution is 7.10. The van der Waals surface area contributed by atoms with Crippen molar-refractivity contribution in [3.8, 4) is 0 Å². The van der Waals surface area contributed by atoms with Gasteiger partial charge in [0.05, 0.1) is 6.54 Å². The van der Waals surface area contributed by atoms with E-state index in [1.165, 1.54) is 17.2 Å². The summed E-state index contributed by atoms with van der Waals surface area (Å²) in [5.74, 6) is -2.00. The summed E-state index contributed by atoms with van der Waals surface area (Å²) in [7, 11) is 0. The van der Waals surface area contributed by atoms with Gasteiger partial charge in [-0.1, -0.05) is 24.1 Å². The highest BCUT2D eigenvalue weighted by atomic mass is 32.1. The summed E-state index contributed by atoms with van der Waals surface area (Å²) in [6, 6.07) is 5.54. The zero-order valence-electron chi connectivity index (χ0n) is 14.1. The van der Waals surface area contributed by atoms with Crippen LogP contribution in [-0.2, 0) is 19.8 Å². The Labute approximate surface area is 154 Å². The van der Waals surface area contributed by atoms with E-state index < -0.39 is 11.8 Å². The molecule has 138 valence electrons. The van der Waals surface area contributed by atoms with Crippen molar-refractivity contribution in [2.24, 2.45) is 0 Å². The lowest BCUT2D eigenvalue weighted by atomic mass is 9.84. The van der Waals surface area contributed by atoms with Crippen LogP contribution in [0.2, 0.25) is 0 Å². The van der Waals surface area contributed by atoms with Crippen LogP contribution in [0.5, 0.6) is 0 Å². The number of nitrogens with one attached hydrogen (secondary N) is 3. The second kappa shape index (κ2) is 8.13. The molecule has 0 aromatic carbocycles. The highest BCUT2D eigenvalue weighted by Gasteiger charge is 2.36. The van der Waals surface area contributed by atoms with Crippen LogP contribution in [0, 0.1) is 0 Å². The molecule has 0 bridgehead atoms. The molecule has 0 saturated heterocycles. The van der Waals surface area contributed by atoms with Gasteiger partial charge in [-0.05, 0) is 24.3 Å². The SMILES string of the molecule is O=C(CNC(=O)C(=O)Nc1ccon1)NCC1(c2cccs2)CCCC1. The first-order valence-electron chi connectivity index (χ1n) is 8.39. The fourth-order valence-corrected chi connectivity index (χ4v) is 4.15. The maximum absolute atomic E-state index is 12.1. The summed E-state index contributed by atoms with van der Waals surface area (Å²) in [5, 5.41) is 13.0. The number of carbonyl (C=O) groups is 3. The van der Waals surface area contributed by atoms with Crippen LogP contribution in [0.1, 0.15) is 30.6 Å². The molecule has 0 spiro atoms. The fourth-order valence-electron chi connectivity index (χ4n) is 3.16. The Morgan fingerprint density at radius 3 is 2.62 bits per heavy atom. The molecule has 3 N–H and O–H groups in total. The summed E-state index contributed by atoms with van der Waals surface area (Å²) < 4.78 is 4.55. The number of thiophene rings is 1. The smallest absolute Gasteiger partial charge is 0.314 e. The van der Waals surface area contributed by atoms with E-state index in [2.05, 4.69) is 31.7 Å². The molecule has 9 heteroatoms. The van der Waals surface area contributed by atoms with Crippen LogP contribution >= 0.6 is 11.3 Å². The van der Waals surface area contributed by atoms with Gasteiger partial charge in [-0.15, -0.1) is 11.3 Å². The molecule has 0 aliphatic heterocycles. The fraction of sp³-hybridized carbons (Fsp3) is 0.412. The highest BCUT2D eigenvalue weighted by Crippen LogP contribution is 2.42. The zero-order valence-corrected chi connectivity index (χ0v) is 14.9. The Morgan fingerprint density at radius 2 is 1.96 bits per heavy atom. The molecule has 1 saturated carbocycles. The number of nitrogens with zero attached hydrogens (tertiary/aromatic N) is 1. The Morgan fingerprint density at radius 1 is 1.15 bits per heavy atom. The summed E-state index contributed by atoms with van der Waals surface area (Å²) in [6.45, 7) is 0.277. The third-order valence-electron chi connectivity index (χ3n) is 4.52. The lowest BCUT2D eigenvalue weighted by Crippen LogP contribution is -2.45. The van der Waals surface area contributed by atoms with Gasteiger partial charge >= 0.3 is 11.8 Å². The van der Waals surface area contributed by atoms with E-state index in [1.807, 2.05) is 11.4 Å². The van der Waals surface area contributed by atoms with E-state index in [4.69, 9.17) is 0 Å². The van der Waals surface area contributed by atoms with E-state index >= 15 is 0 Å². The number of amides is 3. The van der Waals surface area contributed by atoms with Gasteiger partial charge in [-0.25, -0.2) is 0 Å². The molecule has 8 nitrogen and oxygen atoms in total. The van der Waals surface area contributed by atoms with Gasteiger partial charge in [0.15, 0.2) is 5.82 Å². The van der Waals surface area contributed by atoms with Crippen LogP contribution in [0.3, 0.4) is 0 Å². The van der Waals surface area contributed by atoms with E-state index in [0.717, 1.165) is 25.7 Å². The standard InChI is InChI=1S/C17H20N4O4S/c22-14(10-18-15(23)16(24)20-13-5-8-25-21-13)19-11-17(6-1-2-7-17)12-4-3-9-26-12/h3-5,8-9H,1-2,6-7,10-11H2,(H,18,23)(H,19,22)(H,20,21,24). The van der Waals surface area contributed by atoms with Crippen molar-refractivity contribution >= 4 is 34.9 Å². The van der Waals surface area contributed by atoms with E-state index in [9.17, 15) is 14.4 Å². The van der Waals surface area contributed by atoms with Crippen molar-refractivity contribution in [1.29, 1.82) is 0 Å². The molecule has 2 aromatic rings. The average molecular weight is 376 g/mol. The number of rotatable bonds is 6. The molecule has 0 atom stereocenters. The number of carbonyl (C=O) groups excluding carboxylic acids is 3. The molecule has 26 heavy (non-hydrogen) atoms. The minimum atomic E-state index is -0.906. The van der Waals surface area contributed by atoms with Crippen LogP contribution < -0.4 is 16.0 Å². The van der Waals surface area contributed by atoms with Gasteiger partial charge in [0.2, 0.25) is 5.91 Å². The minimum Gasteiger partial charge on any atom is -0.363 e. The lowest BCUT2D eigenvalue weighted by Gasteiger charge is -2.28. The zero-order chi connectivity index (χ0) is 18.4. The summed E-state index contributed by atoms with van der Waals surface area (Å²) >= 11 is 1.71. The van der Waals surface area contributed by atoms with Crippen molar-refractivity contribution in [1.82, 2.24) is 15.8 Å². The van der Waals surface area contributed by atoms with Gasteiger partial charge < -0.3 is 15.2 Å². The second-order valence-corrected chi connectivity index (χ2v) is 7.21. The number of hydrogen-bond acceptors (Lipinski definition) is 6. The van der Waals surface area contributed by atoms with Crippen LogP contribution in [-0.4, -0.2) is 36.0 Å². The van der Waals surface area contributed by atoms with Crippen molar-refractivity contribution < 1.29 is 18.9 Å². The third-order valence-corrected chi connectivity index (χ3v) is 5.64.